The Morgan fingerprint density at radius 3 is 1.43 bits per heavy atom. The van der Waals surface area contributed by atoms with Crippen molar-refractivity contribution in [2.24, 2.45) is 0 Å². The number of fused-ring (bicyclic) bond motifs is 3. The lowest BCUT2D eigenvalue weighted by Gasteiger charge is -2.12. The van der Waals surface area contributed by atoms with Crippen LogP contribution in [0.2, 0.25) is 0 Å². The van der Waals surface area contributed by atoms with E-state index in [1.54, 1.807) is 0 Å². The highest BCUT2D eigenvalue weighted by molar-refractivity contribution is 6.06. The maximum absolute atomic E-state index is 14.7. The summed E-state index contributed by atoms with van der Waals surface area (Å²) in [6.45, 7) is 0. The third-order valence-corrected chi connectivity index (χ3v) is 3.98. The van der Waals surface area contributed by atoms with E-state index in [9.17, 15) is 22.0 Å². The first-order valence-corrected chi connectivity index (χ1v) is 6.76. The zero-order chi connectivity index (χ0) is 16.3. The zero-order valence-electron chi connectivity index (χ0n) is 11.4. The second kappa shape index (κ2) is 4.65. The Morgan fingerprint density at radius 2 is 0.913 bits per heavy atom. The van der Waals surface area contributed by atoms with Crippen LogP contribution in [0.4, 0.5) is 22.0 Å². The van der Waals surface area contributed by atoms with E-state index in [4.69, 9.17) is 0 Å². The van der Waals surface area contributed by atoms with Gasteiger partial charge in [0.25, 0.3) is 0 Å². The topological polar surface area (TPSA) is 0 Å². The molecule has 0 aromatic heterocycles. The molecule has 0 saturated carbocycles. The van der Waals surface area contributed by atoms with Gasteiger partial charge in [-0.3, -0.25) is 0 Å². The molecule has 0 N–H and O–H groups in total. The Hall–Kier alpha value is -2.69. The summed E-state index contributed by atoms with van der Waals surface area (Å²) in [5.41, 5.74) is 0. The average molecular weight is 318 g/mol. The van der Waals surface area contributed by atoms with E-state index < -0.39 is 45.2 Å². The van der Waals surface area contributed by atoms with Crippen LogP contribution in [0, 0.1) is 29.1 Å². The van der Waals surface area contributed by atoms with Crippen LogP contribution in [0.15, 0.2) is 42.5 Å². The van der Waals surface area contributed by atoms with Crippen molar-refractivity contribution in [3.8, 4) is 0 Å². The summed E-state index contributed by atoms with van der Waals surface area (Å²) in [7, 11) is 0. The van der Waals surface area contributed by atoms with Gasteiger partial charge in [0, 0.05) is 21.5 Å². The van der Waals surface area contributed by atoms with Crippen LogP contribution in [-0.2, 0) is 0 Å². The molecule has 5 heteroatoms. The molecule has 0 nitrogen and oxygen atoms in total. The molecule has 4 rings (SSSR count). The third-order valence-electron chi connectivity index (χ3n) is 3.98. The van der Waals surface area contributed by atoms with E-state index in [2.05, 4.69) is 0 Å². The van der Waals surface area contributed by atoms with Crippen LogP contribution in [0.25, 0.3) is 32.3 Å². The van der Waals surface area contributed by atoms with Gasteiger partial charge in [0.15, 0.2) is 0 Å². The molecule has 0 aliphatic rings. The minimum absolute atomic E-state index is 0.141. The van der Waals surface area contributed by atoms with E-state index in [1.165, 1.54) is 24.3 Å². The molecule has 0 fully saturated rings. The predicted octanol–water partition coefficient (Wildman–Crippen LogP) is 5.84. The summed E-state index contributed by atoms with van der Waals surface area (Å²) in [5.74, 6) is -5.20. The minimum Gasteiger partial charge on any atom is -0.207 e. The van der Waals surface area contributed by atoms with Gasteiger partial charge in [0.1, 0.15) is 29.1 Å². The molecule has 0 heterocycles. The van der Waals surface area contributed by atoms with Gasteiger partial charge >= 0.3 is 0 Å². The number of halogens is 5. The van der Waals surface area contributed by atoms with E-state index in [1.807, 2.05) is 0 Å². The van der Waals surface area contributed by atoms with E-state index >= 15 is 0 Å². The number of hydrogen-bond donors (Lipinski definition) is 0. The summed E-state index contributed by atoms with van der Waals surface area (Å²) < 4.78 is 71.9. The van der Waals surface area contributed by atoms with Crippen molar-refractivity contribution in [2.75, 3.05) is 0 Å². The summed E-state index contributed by atoms with van der Waals surface area (Å²) >= 11 is 0. The van der Waals surface area contributed by atoms with Crippen LogP contribution < -0.4 is 0 Å². The standard InChI is InChI=1S/C18H7F5/c19-8-5-6-11-12(7-8)18(23)14-13(17(11)22)15(20)9-3-1-2-4-10(9)16(14)21/h1-7H. The Balaban J connectivity index is 2.40. The Morgan fingerprint density at radius 1 is 0.478 bits per heavy atom. The Labute approximate surface area is 126 Å². The van der Waals surface area contributed by atoms with Crippen molar-refractivity contribution in [1.29, 1.82) is 0 Å². The molecule has 0 bridgehead atoms. The summed E-state index contributed by atoms with van der Waals surface area (Å²) in [4.78, 5) is 0. The molecule has 114 valence electrons. The van der Waals surface area contributed by atoms with Gasteiger partial charge in [0.2, 0.25) is 0 Å². The molecule has 4 aromatic rings. The highest BCUT2D eigenvalue weighted by atomic mass is 19.2. The lowest BCUT2D eigenvalue weighted by atomic mass is 9.97. The monoisotopic (exact) mass is 318 g/mol. The normalized spacial score (nSPS) is 11.7. The van der Waals surface area contributed by atoms with Gasteiger partial charge in [-0.2, -0.15) is 0 Å². The van der Waals surface area contributed by atoms with Crippen LogP contribution in [0.1, 0.15) is 0 Å². The smallest absolute Gasteiger partial charge is 0.142 e. The molecule has 0 atom stereocenters. The molecule has 0 unspecified atom stereocenters. The van der Waals surface area contributed by atoms with E-state index in [0.717, 1.165) is 18.2 Å². The summed E-state index contributed by atoms with van der Waals surface area (Å²) in [6, 6.07) is 8.22. The number of benzene rings is 4. The molecule has 4 aromatic carbocycles. The first kappa shape index (κ1) is 13.9. The largest absolute Gasteiger partial charge is 0.207 e. The molecule has 0 aliphatic heterocycles. The molecule has 0 aliphatic carbocycles. The highest BCUT2D eigenvalue weighted by Gasteiger charge is 2.23. The van der Waals surface area contributed by atoms with Gasteiger partial charge in [-0.25, -0.2) is 22.0 Å². The second-order valence-electron chi connectivity index (χ2n) is 5.24. The van der Waals surface area contributed by atoms with Gasteiger partial charge in [-0.15, -0.1) is 0 Å². The Bertz CT molecular complexity index is 1120. The van der Waals surface area contributed by atoms with Gasteiger partial charge < -0.3 is 0 Å². The molecular formula is C18H7F5. The fourth-order valence-electron chi connectivity index (χ4n) is 2.93. The molecule has 0 amide bonds. The molecule has 0 spiro atoms. The second-order valence-corrected chi connectivity index (χ2v) is 5.24. The van der Waals surface area contributed by atoms with E-state index in [-0.39, 0.29) is 16.2 Å². The highest BCUT2D eigenvalue weighted by Crippen LogP contribution is 2.38. The minimum atomic E-state index is -1.18. The van der Waals surface area contributed by atoms with Crippen LogP contribution in [0.5, 0.6) is 0 Å². The van der Waals surface area contributed by atoms with Crippen molar-refractivity contribution < 1.29 is 22.0 Å². The SMILES string of the molecule is Fc1ccc2c(F)c3c(F)c4ccccc4c(F)c3c(F)c2c1. The third kappa shape index (κ3) is 1.76. The van der Waals surface area contributed by atoms with Crippen LogP contribution in [-0.4, -0.2) is 0 Å². The maximum atomic E-state index is 14.7. The average Bonchev–Trinajstić information content (AvgIpc) is 2.56. The van der Waals surface area contributed by atoms with E-state index in [0.29, 0.717) is 0 Å². The lowest BCUT2D eigenvalue weighted by Crippen LogP contribution is -1.98. The van der Waals surface area contributed by atoms with Crippen molar-refractivity contribution in [3.63, 3.8) is 0 Å². The fourth-order valence-corrected chi connectivity index (χ4v) is 2.93. The molecule has 0 radical (unpaired) electrons. The van der Waals surface area contributed by atoms with Gasteiger partial charge in [0.05, 0.1) is 10.8 Å². The van der Waals surface area contributed by atoms with Gasteiger partial charge in [-0.1, -0.05) is 24.3 Å². The quantitative estimate of drug-likeness (QED) is 0.282. The zero-order valence-corrected chi connectivity index (χ0v) is 11.4. The van der Waals surface area contributed by atoms with Gasteiger partial charge in [-0.05, 0) is 18.2 Å². The summed E-state index contributed by atoms with van der Waals surface area (Å²) in [6.07, 6.45) is 0. The van der Waals surface area contributed by atoms with Crippen molar-refractivity contribution in [3.05, 3.63) is 71.6 Å². The van der Waals surface area contributed by atoms with Crippen molar-refractivity contribution >= 4 is 32.3 Å². The fraction of sp³-hybridized carbons (Fsp3) is 0. The van der Waals surface area contributed by atoms with Crippen LogP contribution in [0.3, 0.4) is 0 Å². The molecular weight excluding hydrogens is 311 g/mol. The number of hydrogen-bond acceptors (Lipinski definition) is 0. The number of rotatable bonds is 0. The first-order chi connectivity index (χ1) is 11.0. The van der Waals surface area contributed by atoms with Crippen LogP contribution >= 0.6 is 0 Å². The first-order valence-electron chi connectivity index (χ1n) is 6.76. The van der Waals surface area contributed by atoms with Crippen molar-refractivity contribution in [1.82, 2.24) is 0 Å². The lowest BCUT2D eigenvalue weighted by molar-refractivity contribution is 0.594. The molecule has 23 heavy (non-hydrogen) atoms. The summed E-state index contributed by atoms with van der Waals surface area (Å²) in [5, 5.41) is -2.60. The Kier molecular flexibility index (Phi) is 2.82. The molecule has 0 saturated heterocycles. The maximum Gasteiger partial charge on any atom is 0.142 e. The predicted molar refractivity (Wildman–Crippen MR) is 78.8 cm³/mol. The van der Waals surface area contributed by atoms with Crippen molar-refractivity contribution in [2.45, 2.75) is 0 Å².